The summed E-state index contributed by atoms with van der Waals surface area (Å²) in [7, 11) is -1.09. The lowest BCUT2D eigenvalue weighted by Crippen LogP contribution is -2.44. The number of sulfonamides is 1. The monoisotopic (exact) mass is 436 g/mol. The zero-order valence-electron chi connectivity index (χ0n) is 18.1. The van der Waals surface area contributed by atoms with Crippen molar-refractivity contribution in [3.05, 3.63) is 35.9 Å². The molecule has 0 aromatic heterocycles. The summed E-state index contributed by atoms with van der Waals surface area (Å²) in [5.74, 6) is 0.0842. The number of hydrogen-bond donors (Lipinski definition) is 1. The highest BCUT2D eigenvalue weighted by molar-refractivity contribution is 7.88. The van der Waals surface area contributed by atoms with Crippen molar-refractivity contribution < 1.29 is 18.3 Å². The van der Waals surface area contributed by atoms with Gasteiger partial charge in [-0.2, -0.15) is 0 Å². The van der Waals surface area contributed by atoms with Gasteiger partial charge in [0.2, 0.25) is 10.0 Å². The molecule has 1 unspecified atom stereocenters. The van der Waals surface area contributed by atoms with Crippen molar-refractivity contribution in [1.82, 2.24) is 9.21 Å². The first-order valence-electron chi connectivity index (χ1n) is 11.4. The first-order valence-corrected chi connectivity index (χ1v) is 13.0. The third-order valence-electron chi connectivity index (χ3n) is 7.44. The molecule has 1 saturated carbocycles. The smallest absolute Gasteiger partial charge is 0.218 e. The van der Waals surface area contributed by atoms with E-state index in [2.05, 4.69) is 11.9 Å². The van der Waals surface area contributed by atoms with Gasteiger partial charge in [0.1, 0.15) is 0 Å². The van der Waals surface area contributed by atoms with Gasteiger partial charge < -0.3 is 14.7 Å². The first-order chi connectivity index (χ1) is 14.4. The minimum Gasteiger partial charge on any atom is -0.393 e. The number of hydrogen-bond acceptors (Lipinski definition) is 5. The molecular formula is C23H36N2O4S. The Hall–Kier alpha value is -0.990. The predicted molar refractivity (Wildman–Crippen MR) is 118 cm³/mol. The van der Waals surface area contributed by atoms with Gasteiger partial charge in [-0.25, -0.2) is 12.7 Å². The lowest BCUT2D eigenvalue weighted by atomic mass is 9.77. The van der Waals surface area contributed by atoms with Crippen LogP contribution in [0.1, 0.15) is 50.5 Å². The summed E-state index contributed by atoms with van der Waals surface area (Å²) in [6.07, 6.45) is 6.83. The molecule has 1 N–H and O–H groups in total. The molecule has 1 aromatic rings. The number of likely N-dealkylation sites (N-methyl/N-ethyl adjacent to an activating group) is 1. The third kappa shape index (κ3) is 5.25. The molecule has 2 saturated heterocycles. The Kier molecular flexibility index (Phi) is 6.85. The fraction of sp³-hybridized carbons (Fsp3) is 0.739. The molecule has 1 aliphatic carbocycles. The number of aliphatic hydroxyl groups is 1. The zero-order chi connectivity index (χ0) is 21.2. The van der Waals surface area contributed by atoms with Crippen LogP contribution in [0.15, 0.2) is 30.3 Å². The first kappa shape index (κ1) is 22.2. The maximum absolute atomic E-state index is 12.8. The standard InChI is InChI=1S/C23H36N2O4S/c1-24(20-7-9-21(26)10-8-20)16-22-15-23(18-29-22)11-13-25(14-12-23)30(27,28)17-19-5-3-2-4-6-19/h2-6,20-22,26H,7-18H2,1H3. The molecule has 1 spiro atoms. The SMILES string of the molecule is CN(CC1CC2(CCN(S(=O)(=O)Cc3ccccc3)CC2)CO1)C1CCC(O)CC1. The maximum atomic E-state index is 12.8. The van der Waals surface area contributed by atoms with Gasteiger partial charge in [0.25, 0.3) is 0 Å². The highest BCUT2D eigenvalue weighted by Crippen LogP contribution is 2.43. The second-order valence-electron chi connectivity index (χ2n) is 9.68. The fourth-order valence-electron chi connectivity index (χ4n) is 5.45. The average molecular weight is 437 g/mol. The molecule has 168 valence electrons. The number of piperidine rings is 1. The Labute approximate surface area is 181 Å². The fourth-order valence-corrected chi connectivity index (χ4v) is 6.98. The molecule has 0 radical (unpaired) electrons. The second kappa shape index (κ2) is 9.25. The molecule has 4 rings (SSSR count). The predicted octanol–water partition coefficient (Wildman–Crippen LogP) is 2.62. The van der Waals surface area contributed by atoms with Crippen molar-refractivity contribution in [2.24, 2.45) is 5.41 Å². The minimum atomic E-state index is -3.27. The molecule has 1 atom stereocenters. The van der Waals surface area contributed by atoms with Gasteiger partial charge in [-0.1, -0.05) is 30.3 Å². The highest BCUT2D eigenvalue weighted by Gasteiger charge is 2.44. The van der Waals surface area contributed by atoms with Gasteiger partial charge in [-0.15, -0.1) is 0 Å². The molecule has 0 bridgehead atoms. The van der Waals surface area contributed by atoms with E-state index in [0.717, 1.165) is 63.7 Å². The minimum absolute atomic E-state index is 0.0842. The summed E-state index contributed by atoms with van der Waals surface area (Å²) in [4.78, 5) is 2.41. The van der Waals surface area contributed by atoms with E-state index in [1.54, 1.807) is 4.31 Å². The van der Waals surface area contributed by atoms with Crippen molar-refractivity contribution in [3.63, 3.8) is 0 Å². The molecule has 7 heteroatoms. The van der Waals surface area contributed by atoms with E-state index in [1.807, 2.05) is 30.3 Å². The Balaban J connectivity index is 1.26. The quantitative estimate of drug-likeness (QED) is 0.742. The van der Waals surface area contributed by atoms with E-state index in [9.17, 15) is 13.5 Å². The Morgan fingerprint density at radius 2 is 1.80 bits per heavy atom. The molecule has 6 nitrogen and oxygen atoms in total. The van der Waals surface area contributed by atoms with Crippen molar-refractivity contribution in [3.8, 4) is 0 Å². The molecule has 2 heterocycles. The Morgan fingerprint density at radius 1 is 1.13 bits per heavy atom. The van der Waals surface area contributed by atoms with Gasteiger partial charge in [0, 0.05) is 25.7 Å². The summed E-state index contributed by atoms with van der Waals surface area (Å²) in [6.45, 7) is 2.88. The van der Waals surface area contributed by atoms with Gasteiger partial charge in [-0.05, 0) is 63.0 Å². The number of nitrogens with zero attached hydrogens (tertiary/aromatic N) is 2. The van der Waals surface area contributed by atoms with Crippen LogP contribution < -0.4 is 0 Å². The summed E-state index contributed by atoms with van der Waals surface area (Å²) in [5, 5.41) is 9.73. The summed E-state index contributed by atoms with van der Waals surface area (Å²) < 4.78 is 33.5. The lowest BCUT2D eigenvalue weighted by molar-refractivity contribution is 0.0372. The molecule has 3 aliphatic rings. The average Bonchev–Trinajstić information content (AvgIpc) is 3.11. The van der Waals surface area contributed by atoms with Gasteiger partial charge in [-0.3, -0.25) is 0 Å². The molecule has 1 aromatic carbocycles. The number of benzene rings is 1. The van der Waals surface area contributed by atoms with Crippen molar-refractivity contribution in [2.45, 2.75) is 68.9 Å². The van der Waals surface area contributed by atoms with Gasteiger partial charge in [0.15, 0.2) is 0 Å². The number of rotatable bonds is 6. The normalized spacial score (nSPS) is 30.2. The molecular weight excluding hydrogens is 400 g/mol. The summed E-state index contributed by atoms with van der Waals surface area (Å²) in [5.41, 5.74) is 0.979. The van der Waals surface area contributed by atoms with E-state index >= 15 is 0 Å². The molecule has 2 aliphatic heterocycles. The van der Waals surface area contributed by atoms with Crippen LogP contribution >= 0.6 is 0 Å². The van der Waals surface area contributed by atoms with Crippen LogP contribution in [0.25, 0.3) is 0 Å². The highest BCUT2D eigenvalue weighted by atomic mass is 32.2. The van der Waals surface area contributed by atoms with Crippen LogP contribution in [-0.2, 0) is 20.5 Å². The Bertz CT molecular complexity index is 785. The van der Waals surface area contributed by atoms with Crippen molar-refractivity contribution in [2.75, 3.05) is 33.3 Å². The van der Waals surface area contributed by atoms with Crippen LogP contribution in [-0.4, -0.2) is 74.3 Å². The van der Waals surface area contributed by atoms with Crippen LogP contribution in [0, 0.1) is 5.41 Å². The lowest BCUT2D eigenvalue weighted by Gasteiger charge is -2.38. The maximum Gasteiger partial charge on any atom is 0.218 e. The number of aliphatic hydroxyl groups excluding tert-OH is 1. The van der Waals surface area contributed by atoms with Crippen molar-refractivity contribution >= 4 is 10.0 Å². The Morgan fingerprint density at radius 3 is 2.47 bits per heavy atom. The van der Waals surface area contributed by atoms with Crippen LogP contribution in [0.5, 0.6) is 0 Å². The van der Waals surface area contributed by atoms with Crippen LogP contribution in [0.4, 0.5) is 0 Å². The topological polar surface area (TPSA) is 70.1 Å². The van der Waals surface area contributed by atoms with Crippen molar-refractivity contribution in [1.29, 1.82) is 0 Å². The molecule has 0 amide bonds. The molecule has 3 fully saturated rings. The number of ether oxygens (including phenoxy) is 1. The summed E-state index contributed by atoms with van der Waals surface area (Å²) >= 11 is 0. The zero-order valence-corrected chi connectivity index (χ0v) is 18.9. The molecule has 30 heavy (non-hydrogen) atoms. The summed E-state index contributed by atoms with van der Waals surface area (Å²) in [6, 6.07) is 9.98. The van der Waals surface area contributed by atoms with Crippen LogP contribution in [0.3, 0.4) is 0 Å². The van der Waals surface area contributed by atoms with Gasteiger partial charge >= 0.3 is 0 Å². The van der Waals surface area contributed by atoms with Gasteiger partial charge in [0.05, 0.1) is 24.6 Å². The third-order valence-corrected chi connectivity index (χ3v) is 9.29. The largest absolute Gasteiger partial charge is 0.393 e. The van der Waals surface area contributed by atoms with E-state index < -0.39 is 10.0 Å². The van der Waals surface area contributed by atoms with E-state index in [0.29, 0.717) is 19.1 Å². The van der Waals surface area contributed by atoms with Crippen LogP contribution in [0.2, 0.25) is 0 Å². The second-order valence-corrected chi connectivity index (χ2v) is 11.6. The van der Waals surface area contributed by atoms with E-state index in [4.69, 9.17) is 4.74 Å². The van der Waals surface area contributed by atoms with E-state index in [1.165, 1.54) is 0 Å². The van der Waals surface area contributed by atoms with E-state index in [-0.39, 0.29) is 23.4 Å².